The van der Waals surface area contributed by atoms with Crippen molar-refractivity contribution in [3.8, 4) is 5.75 Å². The maximum absolute atomic E-state index is 8.07. The molecule has 3 nitrogen and oxygen atoms in total. The summed E-state index contributed by atoms with van der Waals surface area (Å²) in [6, 6.07) is 10.3. The number of para-hydroxylation sites is 1. The van der Waals surface area contributed by atoms with Gasteiger partial charge in [0.15, 0.2) is 0 Å². The van der Waals surface area contributed by atoms with Crippen LogP contribution in [0.25, 0.3) is 0 Å². The summed E-state index contributed by atoms with van der Waals surface area (Å²) in [5.74, 6) is 1.45. The van der Waals surface area contributed by atoms with Crippen molar-refractivity contribution < 1.29 is 4.74 Å². The molecule has 0 amide bonds. The van der Waals surface area contributed by atoms with Crippen LogP contribution in [-0.2, 0) is 0 Å². The first kappa shape index (κ1) is 12.0. The Balaban J connectivity index is 1.85. The molecule has 92 valence electrons. The Morgan fingerprint density at radius 1 is 1.41 bits per heavy atom. The Hall–Kier alpha value is -1.51. The molecule has 1 heterocycles. The van der Waals surface area contributed by atoms with E-state index in [-0.39, 0.29) is 0 Å². The van der Waals surface area contributed by atoms with Crippen LogP contribution in [0.2, 0.25) is 0 Å². The molecule has 0 aromatic heterocycles. The first-order chi connectivity index (χ1) is 8.31. The minimum atomic E-state index is 0.376. The summed E-state index contributed by atoms with van der Waals surface area (Å²) in [6.45, 7) is 3.57. The van der Waals surface area contributed by atoms with E-state index in [2.05, 4.69) is 11.8 Å². The zero-order valence-corrected chi connectivity index (χ0v) is 10.4. The van der Waals surface area contributed by atoms with Crippen molar-refractivity contribution in [2.45, 2.75) is 32.2 Å². The van der Waals surface area contributed by atoms with Crippen molar-refractivity contribution in [2.75, 3.05) is 13.2 Å². The second kappa shape index (κ2) is 5.71. The molecule has 0 spiro atoms. The molecular weight excluding hydrogens is 212 g/mol. The third-order valence-electron chi connectivity index (χ3n) is 3.31. The second-order valence-electron chi connectivity index (χ2n) is 4.45. The van der Waals surface area contributed by atoms with Crippen molar-refractivity contribution in [3.63, 3.8) is 0 Å². The maximum atomic E-state index is 8.07. The highest BCUT2D eigenvalue weighted by molar-refractivity contribution is 5.81. The van der Waals surface area contributed by atoms with Crippen molar-refractivity contribution in [2.24, 2.45) is 0 Å². The number of likely N-dealkylation sites (tertiary alicyclic amines) is 1. The third kappa shape index (κ3) is 2.99. The molecule has 1 saturated heterocycles. The molecule has 1 aromatic carbocycles. The van der Waals surface area contributed by atoms with E-state index >= 15 is 0 Å². The predicted octanol–water partition coefficient (Wildman–Crippen LogP) is 2.92. The average Bonchev–Trinajstić information content (AvgIpc) is 2.85. The van der Waals surface area contributed by atoms with Gasteiger partial charge in [-0.25, -0.2) is 0 Å². The van der Waals surface area contributed by atoms with Gasteiger partial charge >= 0.3 is 0 Å². The Morgan fingerprint density at radius 3 is 2.88 bits per heavy atom. The van der Waals surface area contributed by atoms with Crippen LogP contribution in [0.1, 0.15) is 26.2 Å². The van der Waals surface area contributed by atoms with E-state index in [4.69, 9.17) is 10.1 Å². The molecule has 0 radical (unpaired) electrons. The largest absolute Gasteiger partial charge is 0.486 e. The van der Waals surface area contributed by atoms with Crippen LogP contribution < -0.4 is 4.74 Å². The fraction of sp³-hybridized carbons (Fsp3) is 0.500. The lowest BCUT2D eigenvalue weighted by Crippen LogP contribution is -2.37. The fourth-order valence-electron chi connectivity index (χ4n) is 2.37. The molecule has 2 rings (SSSR count). The van der Waals surface area contributed by atoms with Gasteiger partial charge in [-0.2, -0.15) is 0 Å². The van der Waals surface area contributed by atoms with Crippen molar-refractivity contribution in [1.29, 1.82) is 5.41 Å². The van der Waals surface area contributed by atoms with Gasteiger partial charge in [0.2, 0.25) is 0 Å². The Kier molecular flexibility index (Phi) is 4.02. The predicted molar refractivity (Wildman–Crippen MR) is 69.7 cm³/mol. The number of nitrogens with one attached hydrogen (secondary N) is 1. The van der Waals surface area contributed by atoms with E-state index in [1.807, 2.05) is 30.3 Å². The number of rotatable bonds is 4. The van der Waals surface area contributed by atoms with Gasteiger partial charge in [-0.1, -0.05) is 25.1 Å². The Bertz CT molecular complexity index is 364. The summed E-state index contributed by atoms with van der Waals surface area (Å²) in [7, 11) is 0. The summed E-state index contributed by atoms with van der Waals surface area (Å²) in [6.07, 6.45) is 3.53. The molecule has 1 fully saturated rings. The lowest BCUT2D eigenvalue weighted by atomic mass is 10.2. The maximum Gasteiger partial charge on any atom is 0.145 e. The quantitative estimate of drug-likeness (QED) is 0.640. The van der Waals surface area contributed by atoms with E-state index in [0.717, 1.165) is 18.7 Å². The minimum Gasteiger partial charge on any atom is -0.486 e. The number of ether oxygens (including phenoxy) is 1. The number of amidine groups is 1. The van der Waals surface area contributed by atoms with Crippen LogP contribution in [0.3, 0.4) is 0 Å². The van der Waals surface area contributed by atoms with E-state index in [9.17, 15) is 0 Å². The highest BCUT2D eigenvalue weighted by atomic mass is 16.5. The molecule has 17 heavy (non-hydrogen) atoms. The van der Waals surface area contributed by atoms with Gasteiger partial charge in [-0.05, 0) is 31.4 Å². The average molecular weight is 232 g/mol. The summed E-state index contributed by atoms with van der Waals surface area (Å²) in [4.78, 5) is 2.18. The highest BCUT2D eigenvalue weighted by Crippen LogP contribution is 2.20. The van der Waals surface area contributed by atoms with Gasteiger partial charge in [-0.15, -0.1) is 0 Å². The van der Waals surface area contributed by atoms with Gasteiger partial charge in [0, 0.05) is 12.6 Å². The molecule has 1 aliphatic rings. The molecule has 0 unspecified atom stereocenters. The molecule has 1 atom stereocenters. The zero-order valence-electron chi connectivity index (χ0n) is 10.4. The van der Waals surface area contributed by atoms with E-state index in [1.54, 1.807) is 0 Å². The monoisotopic (exact) mass is 232 g/mol. The summed E-state index contributed by atoms with van der Waals surface area (Å²) in [5, 5.41) is 8.07. The normalized spacial score (nSPS) is 19.4. The number of nitrogens with zero attached hydrogens (tertiary/aromatic N) is 1. The number of hydrogen-bond donors (Lipinski definition) is 1. The highest BCUT2D eigenvalue weighted by Gasteiger charge is 2.24. The minimum absolute atomic E-state index is 0.376. The summed E-state index contributed by atoms with van der Waals surface area (Å²) in [5.41, 5.74) is 0. The number of hydrogen-bond acceptors (Lipinski definition) is 2. The van der Waals surface area contributed by atoms with E-state index in [1.165, 1.54) is 12.8 Å². The SMILES string of the molecule is CC[C@@H]1CCCN1C(=N)COc1ccccc1. The molecule has 1 aliphatic heterocycles. The smallest absolute Gasteiger partial charge is 0.145 e. The van der Waals surface area contributed by atoms with Gasteiger partial charge in [0.05, 0.1) is 0 Å². The first-order valence-corrected chi connectivity index (χ1v) is 6.33. The first-order valence-electron chi connectivity index (χ1n) is 6.33. The van der Waals surface area contributed by atoms with E-state index < -0.39 is 0 Å². The van der Waals surface area contributed by atoms with Crippen molar-refractivity contribution >= 4 is 5.84 Å². The van der Waals surface area contributed by atoms with Crippen LogP contribution in [0.15, 0.2) is 30.3 Å². The van der Waals surface area contributed by atoms with Crippen LogP contribution >= 0.6 is 0 Å². The van der Waals surface area contributed by atoms with Gasteiger partial charge in [0.25, 0.3) is 0 Å². The summed E-state index contributed by atoms with van der Waals surface area (Å²) < 4.78 is 5.61. The topological polar surface area (TPSA) is 36.3 Å². The zero-order chi connectivity index (χ0) is 12.1. The molecule has 1 N–H and O–H groups in total. The van der Waals surface area contributed by atoms with Gasteiger partial charge in [-0.3, -0.25) is 5.41 Å². The second-order valence-corrected chi connectivity index (χ2v) is 4.45. The molecule has 0 bridgehead atoms. The van der Waals surface area contributed by atoms with Crippen LogP contribution in [0.5, 0.6) is 5.75 Å². The third-order valence-corrected chi connectivity index (χ3v) is 3.31. The molecule has 3 heteroatoms. The van der Waals surface area contributed by atoms with Crippen molar-refractivity contribution in [3.05, 3.63) is 30.3 Å². The molecule has 0 saturated carbocycles. The van der Waals surface area contributed by atoms with Crippen LogP contribution in [0.4, 0.5) is 0 Å². The Labute approximate surface area is 103 Å². The van der Waals surface area contributed by atoms with Crippen molar-refractivity contribution in [1.82, 2.24) is 4.90 Å². The van der Waals surface area contributed by atoms with Gasteiger partial charge < -0.3 is 9.64 Å². The standard InChI is InChI=1S/C14H20N2O/c1-2-12-7-6-10-16(12)14(15)11-17-13-8-4-3-5-9-13/h3-5,8-9,12,15H,2,6-7,10-11H2,1H3/t12-/m1/s1. The summed E-state index contributed by atoms with van der Waals surface area (Å²) >= 11 is 0. The molecular formula is C14H20N2O. The number of benzene rings is 1. The van der Waals surface area contributed by atoms with E-state index in [0.29, 0.717) is 18.5 Å². The Morgan fingerprint density at radius 2 is 2.18 bits per heavy atom. The molecule has 0 aliphatic carbocycles. The lowest BCUT2D eigenvalue weighted by Gasteiger charge is -2.26. The fourth-order valence-corrected chi connectivity index (χ4v) is 2.37. The van der Waals surface area contributed by atoms with Crippen LogP contribution in [-0.4, -0.2) is 29.9 Å². The molecule has 1 aromatic rings. The lowest BCUT2D eigenvalue weighted by molar-refractivity contribution is 0.317. The van der Waals surface area contributed by atoms with Crippen LogP contribution in [0, 0.1) is 5.41 Å². The van der Waals surface area contributed by atoms with Gasteiger partial charge in [0.1, 0.15) is 18.2 Å².